The number of allylic oxidation sites excluding steroid dienone is 2. The van der Waals surface area contributed by atoms with Crippen LogP contribution in [0.1, 0.15) is 58.1 Å². The SMILES string of the molecule is CC1=C(CCC(C)Cc2cnc[nH]2)CCCC1. The zero-order valence-electron chi connectivity index (χ0n) is 11.1. The monoisotopic (exact) mass is 232 g/mol. The van der Waals surface area contributed by atoms with Crippen LogP contribution in [0.5, 0.6) is 0 Å². The van der Waals surface area contributed by atoms with Crippen molar-refractivity contribution in [3.8, 4) is 0 Å². The second-order valence-corrected chi connectivity index (χ2v) is 5.52. The van der Waals surface area contributed by atoms with Crippen molar-refractivity contribution in [1.29, 1.82) is 0 Å². The molecule has 0 fully saturated rings. The topological polar surface area (TPSA) is 28.7 Å². The Balaban J connectivity index is 1.77. The largest absolute Gasteiger partial charge is 0.348 e. The van der Waals surface area contributed by atoms with Crippen LogP contribution in [0.4, 0.5) is 0 Å². The number of imidazole rings is 1. The maximum Gasteiger partial charge on any atom is 0.0921 e. The average molecular weight is 232 g/mol. The molecule has 1 heterocycles. The third kappa shape index (κ3) is 3.72. The van der Waals surface area contributed by atoms with Crippen molar-refractivity contribution in [2.75, 3.05) is 0 Å². The van der Waals surface area contributed by atoms with Gasteiger partial charge in [0.2, 0.25) is 0 Å². The van der Waals surface area contributed by atoms with E-state index in [0.29, 0.717) is 0 Å². The number of rotatable bonds is 5. The molecule has 0 radical (unpaired) electrons. The molecule has 2 rings (SSSR count). The molecule has 2 nitrogen and oxygen atoms in total. The van der Waals surface area contributed by atoms with Crippen molar-refractivity contribution in [1.82, 2.24) is 9.97 Å². The molecule has 1 atom stereocenters. The molecule has 0 aromatic carbocycles. The lowest BCUT2D eigenvalue weighted by Crippen LogP contribution is -2.03. The number of aromatic nitrogens is 2. The highest BCUT2D eigenvalue weighted by atomic mass is 14.9. The highest BCUT2D eigenvalue weighted by molar-refractivity contribution is 5.14. The zero-order valence-corrected chi connectivity index (χ0v) is 11.1. The van der Waals surface area contributed by atoms with Crippen LogP contribution in [0.2, 0.25) is 0 Å². The number of hydrogen-bond donors (Lipinski definition) is 1. The maximum atomic E-state index is 4.07. The molecule has 1 aliphatic rings. The normalized spacial score (nSPS) is 18.5. The third-order valence-electron chi connectivity index (χ3n) is 3.95. The third-order valence-corrected chi connectivity index (χ3v) is 3.95. The summed E-state index contributed by atoms with van der Waals surface area (Å²) < 4.78 is 0. The second-order valence-electron chi connectivity index (χ2n) is 5.52. The van der Waals surface area contributed by atoms with Crippen LogP contribution in [-0.4, -0.2) is 9.97 Å². The summed E-state index contributed by atoms with van der Waals surface area (Å²) in [5.41, 5.74) is 4.68. The van der Waals surface area contributed by atoms with E-state index < -0.39 is 0 Å². The van der Waals surface area contributed by atoms with Gasteiger partial charge in [-0.25, -0.2) is 4.98 Å². The Hall–Kier alpha value is -1.05. The van der Waals surface area contributed by atoms with Gasteiger partial charge < -0.3 is 4.98 Å². The van der Waals surface area contributed by atoms with Gasteiger partial charge in [-0.15, -0.1) is 0 Å². The highest BCUT2D eigenvalue weighted by Crippen LogP contribution is 2.28. The first-order valence-corrected chi connectivity index (χ1v) is 6.90. The smallest absolute Gasteiger partial charge is 0.0921 e. The van der Waals surface area contributed by atoms with E-state index in [-0.39, 0.29) is 0 Å². The van der Waals surface area contributed by atoms with E-state index in [1.807, 2.05) is 6.20 Å². The van der Waals surface area contributed by atoms with Gasteiger partial charge in [0.1, 0.15) is 0 Å². The standard InChI is InChI=1S/C15H24N2/c1-12(9-15-10-16-11-17-15)7-8-14-6-4-3-5-13(14)2/h10-12H,3-9H2,1-2H3,(H,16,17). The van der Waals surface area contributed by atoms with Crippen molar-refractivity contribution in [2.24, 2.45) is 5.92 Å². The van der Waals surface area contributed by atoms with Gasteiger partial charge in [-0.05, 0) is 57.8 Å². The van der Waals surface area contributed by atoms with Crippen LogP contribution in [-0.2, 0) is 6.42 Å². The molecular formula is C15H24N2. The lowest BCUT2D eigenvalue weighted by Gasteiger charge is -2.19. The predicted molar refractivity (Wildman–Crippen MR) is 71.9 cm³/mol. The molecule has 0 bridgehead atoms. The summed E-state index contributed by atoms with van der Waals surface area (Å²) in [6, 6.07) is 0. The lowest BCUT2D eigenvalue weighted by molar-refractivity contribution is 0.509. The Bertz CT molecular complexity index is 362. The van der Waals surface area contributed by atoms with Gasteiger partial charge in [-0.1, -0.05) is 18.1 Å². The number of H-pyrrole nitrogens is 1. The molecule has 0 aliphatic heterocycles. The van der Waals surface area contributed by atoms with Crippen molar-refractivity contribution in [2.45, 2.75) is 58.8 Å². The van der Waals surface area contributed by atoms with E-state index in [2.05, 4.69) is 23.8 Å². The van der Waals surface area contributed by atoms with Crippen LogP contribution >= 0.6 is 0 Å². The first-order valence-electron chi connectivity index (χ1n) is 6.90. The Kier molecular flexibility index (Phi) is 4.41. The molecular weight excluding hydrogens is 208 g/mol. The predicted octanol–water partition coefficient (Wildman–Crippen LogP) is 4.26. The van der Waals surface area contributed by atoms with E-state index in [9.17, 15) is 0 Å². The summed E-state index contributed by atoms with van der Waals surface area (Å²) in [5.74, 6) is 0.748. The van der Waals surface area contributed by atoms with E-state index in [1.165, 1.54) is 44.2 Å². The van der Waals surface area contributed by atoms with Gasteiger partial charge in [0.25, 0.3) is 0 Å². The fourth-order valence-corrected chi connectivity index (χ4v) is 2.75. The van der Waals surface area contributed by atoms with E-state index in [0.717, 1.165) is 12.3 Å². The Morgan fingerprint density at radius 3 is 2.88 bits per heavy atom. The number of nitrogens with zero attached hydrogens (tertiary/aromatic N) is 1. The van der Waals surface area contributed by atoms with Gasteiger partial charge >= 0.3 is 0 Å². The Morgan fingerprint density at radius 2 is 2.18 bits per heavy atom. The molecule has 2 heteroatoms. The van der Waals surface area contributed by atoms with Crippen LogP contribution in [0.3, 0.4) is 0 Å². The van der Waals surface area contributed by atoms with Crippen LogP contribution in [0.15, 0.2) is 23.7 Å². The van der Waals surface area contributed by atoms with Crippen molar-refractivity contribution >= 4 is 0 Å². The average Bonchev–Trinajstić information content (AvgIpc) is 2.81. The lowest BCUT2D eigenvalue weighted by atomic mass is 9.87. The van der Waals surface area contributed by atoms with Gasteiger partial charge in [0.05, 0.1) is 6.33 Å². The fraction of sp³-hybridized carbons (Fsp3) is 0.667. The van der Waals surface area contributed by atoms with E-state index in [4.69, 9.17) is 0 Å². The minimum Gasteiger partial charge on any atom is -0.348 e. The molecule has 1 aromatic rings. The minimum atomic E-state index is 0.748. The van der Waals surface area contributed by atoms with Crippen LogP contribution < -0.4 is 0 Å². The summed E-state index contributed by atoms with van der Waals surface area (Å²) in [6.45, 7) is 4.67. The number of aromatic amines is 1. The van der Waals surface area contributed by atoms with Crippen molar-refractivity contribution in [3.05, 3.63) is 29.4 Å². The molecule has 0 saturated heterocycles. The molecule has 1 unspecified atom stereocenters. The second kappa shape index (κ2) is 6.04. The van der Waals surface area contributed by atoms with Gasteiger partial charge in [-0.2, -0.15) is 0 Å². The Labute approximate surface area is 105 Å². The molecule has 1 aliphatic carbocycles. The minimum absolute atomic E-state index is 0.748. The van der Waals surface area contributed by atoms with Gasteiger partial charge in [-0.3, -0.25) is 0 Å². The van der Waals surface area contributed by atoms with Crippen LogP contribution in [0.25, 0.3) is 0 Å². The summed E-state index contributed by atoms with van der Waals surface area (Å²) in [7, 11) is 0. The van der Waals surface area contributed by atoms with Crippen molar-refractivity contribution in [3.63, 3.8) is 0 Å². The maximum absolute atomic E-state index is 4.07. The summed E-state index contributed by atoms with van der Waals surface area (Å²) in [5, 5.41) is 0. The molecule has 0 amide bonds. The summed E-state index contributed by atoms with van der Waals surface area (Å²) in [4.78, 5) is 7.26. The van der Waals surface area contributed by atoms with Crippen LogP contribution in [0, 0.1) is 5.92 Å². The first kappa shape index (κ1) is 12.4. The van der Waals surface area contributed by atoms with E-state index in [1.54, 1.807) is 17.5 Å². The fourth-order valence-electron chi connectivity index (χ4n) is 2.75. The zero-order chi connectivity index (χ0) is 12.1. The van der Waals surface area contributed by atoms with Gasteiger partial charge in [0, 0.05) is 11.9 Å². The summed E-state index contributed by atoms with van der Waals surface area (Å²) >= 11 is 0. The van der Waals surface area contributed by atoms with Crippen molar-refractivity contribution < 1.29 is 0 Å². The Morgan fingerprint density at radius 1 is 1.35 bits per heavy atom. The summed E-state index contributed by atoms with van der Waals surface area (Å²) in [6.07, 6.45) is 13.0. The first-order chi connectivity index (χ1) is 8.25. The molecule has 0 spiro atoms. The molecule has 1 N–H and O–H groups in total. The number of hydrogen-bond acceptors (Lipinski definition) is 1. The van der Waals surface area contributed by atoms with Gasteiger partial charge in [0.15, 0.2) is 0 Å². The quantitative estimate of drug-likeness (QED) is 0.755. The van der Waals surface area contributed by atoms with E-state index >= 15 is 0 Å². The molecule has 1 aromatic heterocycles. The molecule has 17 heavy (non-hydrogen) atoms. The molecule has 94 valence electrons. The highest BCUT2D eigenvalue weighted by Gasteiger charge is 2.11. The number of nitrogens with one attached hydrogen (secondary N) is 1. The molecule has 0 saturated carbocycles.